The molecule has 134 valence electrons. The summed E-state index contributed by atoms with van der Waals surface area (Å²) in [4.78, 5) is 12.1. The Bertz CT molecular complexity index is 842. The van der Waals surface area contributed by atoms with Crippen molar-refractivity contribution < 1.29 is 17.9 Å². The van der Waals surface area contributed by atoms with Crippen molar-refractivity contribution >= 4 is 21.7 Å². The van der Waals surface area contributed by atoms with E-state index >= 15 is 0 Å². The van der Waals surface area contributed by atoms with Crippen LogP contribution in [0.3, 0.4) is 0 Å². The van der Waals surface area contributed by atoms with Crippen LogP contribution in [0.2, 0.25) is 0 Å². The Morgan fingerprint density at radius 3 is 2.36 bits per heavy atom. The number of carbonyl (C=O) groups is 1. The van der Waals surface area contributed by atoms with Gasteiger partial charge in [-0.25, -0.2) is 13.2 Å². The largest absolute Gasteiger partial charge is 0.462 e. The first-order chi connectivity index (χ1) is 11.8. The van der Waals surface area contributed by atoms with E-state index in [-0.39, 0.29) is 4.90 Å². The van der Waals surface area contributed by atoms with Gasteiger partial charge in [0.1, 0.15) is 0 Å². The zero-order valence-corrected chi connectivity index (χ0v) is 15.5. The number of hydrogen-bond acceptors (Lipinski definition) is 4. The van der Waals surface area contributed by atoms with Gasteiger partial charge in [0.2, 0.25) is 0 Å². The highest BCUT2D eigenvalue weighted by Crippen LogP contribution is 2.20. The van der Waals surface area contributed by atoms with Gasteiger partial charge >= 0.3 is 5.97 Å². The van der Waals surface area contributed by atoms with E-state index in [1.165, 1.54) is 0 Å². The molecule has 0 saturated heterocycles. The number of hydrogen-bond donors (Lipinski definition) is 1. The molecule has 0 atom stereocenters. The average Bonchev–Trinajstić information content (AvgIpc) is 2.55. The van der Waals surface area contributed by atoms with Crippen LogP contribution in [0.5, 0.6) is 0 Å². The Morgan fingerprint density at radius 2 is 1.76 bits per heavy atom. The second-order valence-corrected chi connectivity index (χ2v) is 7.59. The lowest BCUT2D eigenvalue weighted by molar-refractivity contribution is 0.0500. The SMILES string of the molecule is CCCCOC(=O)c1ccc(NS(=O)(=O)c2ccc(C)cc2C)cc1. The van der Waals surface area contributed by atoms with Crippen LogP contribution < -0.4 is 4.72 Å². The summed E-state index contributed by atoms with van der Waals surface area (Å²) in [6.07, 6.45) is 1.77. The number of anilines is 1. The summed E-state index contributed by atoms with van der Waals surface area (Å²) >= 11 is 0. The Kier molecular flexibility index (Phi) is 6.20. The Labute approximate surface area is 149 Å². The fourth-order valence-electron chi connectivity index (χ4n) is 2.38. The van der Waals surface area contributed by atoms with Crippen LogP contribution in [-0.2, 0) is 14.8 Å². The monoisotopic (exact) mass is 361 g/mol. The first-order valence-corrected chi connectivity index (χ1v) is 9.69. The minimum Gasteiger partial charge on any atom is -0.462 e. The molecule has 0 aliphatic rings. The number of benzene rings is 2. The third-order valence-corrected chi connectivity index (χ3v) is 5.27. The summed E-state index contributed by atoms with van der Waals surface area (Å²) in [5.41, 5.74) is 2.47. The van der Waals surface area contributed by atoms with Crippen molar-refractivity contribution in [2.24, 2.45) is 0 Å². The van der Waals surface area contributed by atoms with Crippen molar-refractivity contribution in [2.45, 2.75) is 38.5 Å². The number of rotatable bonds is 7. The molecule has 0 unspecified atom stereocenters. The highest BCUT2D eigenvalue weighted by molar-refractivity contribution is 7.92. The van der Waals surface area contributed by atoms with E-state index in [2.05, 4.69) is 4.72 Å². The fraction of sp³-hybridized carbons (Fsp3) is 0.316. The number of nitrogens with one attached hydrogen (secondary N) is 1. The second kappa shape index (κ2) is 8.16. The van der Waals surface area contributed by atoms with Gasteiger partial charge in [-0.05, 0) is 56.2 Å². The van der Waals surface area contributed by atoms with E-state index in [1.54, 1.807) is 43.3 Å². The number of unbranched alkanes of at least 4 members (excludes halogenated alkanes) is 1. The molecule has 0 spiro atoms. The molecular weight excluding hydrogens is 338 g/mol. The highest BCUT2D eigenvalue weighted by atomic mass is 32.2. The van der Waals surface area contributed by atoms with Crippen molar-refractivity contribution in [2.75, 3.05) is 11.3 Å². The Morgan fingerprint density at radius 1 is 1.08 bits per heavy atom. The van der Waals surface area contributed by atoms with Crippen molar-refractivity contribution in [3.8, 4) is 0 Å². The van der Waals surface area contributed by atoms with Crippen molar-refractivity contribution in [1.82, 2.24) is 0 Å². The summed E-state index contributed by atoms with van der Waals surface area (Å²) in [6, 6.07) is 11.4. The van der Waals surface area contributed by atoms with E-state index in [0.717, 1.165) is 18.4 Å². The van der Waals surface area contributed by atoms with E-state index in [9.17, 15) is 13.2 Å². The van der Waals surface area contributed by atoms with Crippen LogP contribution in [0.25, 0.3) is 0 Å². The maximum atomic E-state index is 12.5. The maximum Gasteiger partial charge on any atom is 0.338 e. The predicted molar refractivity (Wildman–Crippen MR) is 98.4 cm³/mol. The van der Waals surface area contributed by atoms with Crippen LogP contribution in [0.15, 0.2) is 47.4 Å². The highest BCUT2D eigenvalue weighted by Gasteiger charge is 2.17. The van der Waals surface area contributed by atoms with E-state index in [0.29, 0.717) is 23.4 Å². The molecule has 2 aromatic carbocycles. The molecule has 2 aromatic rings. The molecule has 0 radical (unpaired) electrons. The molecule has 0 saturated carbocycles. The number of ether oxygens (including phenoxy) is 1. The number of esters is 1. The van der Waals surface area contributed by atoms with Gasteiger partial charge in [-0.3, -0.25) is 4.72 Å². The van der Waals surface area contributed by atoms with Crippen LogP contribution in [-0.4, -0.2) is 21.0 Å². The quantitative estimate of drug-likeness (QED) is 0.596. The van der Waals surface area contributed by atoms with Crippen LogP contribution >= 0.6 is 0 Å². The van der Waals surface area contributed by atoms with E-state index in [1.807, 2.05) is 19.9 Å². The summed E-state index contributed by atoms with van der Waals surface area (Å²) in [6.45, 7) is 6.08. The molecule has 25 heavy (non-hydrogen) atoms. The molecule has 0 aliphatic carbocycles. The first-order valence-electron chi connectivity index (χ1n) is 8.21. The standard InChI is InChI=1S/C19H23NO4S/c1-4-5-12-24-19(21)16-7-9-17(10-8-16)20-25(22,23)18-11-6-14(2)13-15(18)3/h6-11,13,20H,4-5,12H2,1-3H3. The summed E-state index contributed by atoms with van der Waals surface area (Å²) in [5.74, 6) is -0.405. The van der Waals surface area contributed by atoms with Gasteiger partial charge in [-0.15, -0.1) is 0 Å². The minimum absolute atomic E-state index is 0.237. The number of carbonyl (C=O) groups excluding carboxylic acids is 1. The van der Waals surface area contributed by atoms with Gasteiger partial charge in [-0.2, -0.15) is 0 Å². The van der Waals surface area contributed by atoms with Crippen LogP contribution in [0.1, 0.15) is 41.3 Å². The third kappa shape index (κ3) is 5.06. The molecule has 0 aliphatic heterocycles. The lowest BCUT2D eigenvalue weighted by Gasteiger charge is -2.11. The Balaban J connectivity index is 2.11. The van der Waals surface area contributed by atoms with Crippen molar-refractivity contribution in [3.05, 3.63) is 59.2 Å². The number of aryl methyl sites for hydroxylation is 2. The molecular formula is C19H23NO4S. The molecule has 0 heterocycles. The summed E-state index contributed by atoms with van der Waals surface area (Å²) in [7, 11) is -3.68. The van der Waals surface area contributed by atoms with Gasteiger partial charge in [0.05, 0.1) is 17.1 Å². The molecule has 0 fully saturated rings. The third-order valence-electron chi connectivity index (χ3n) is 3.72. The van der Waals surface area contributed by atoms with Crippen molar-refractivity contribution in [3.63, 3.8) is 0 Å². The average molecular weight is 361 g/mol. The predicted octanol–water partition coefficient (Wildman–Crippen LogP) is 4.06. The molecule has 2 rings (SSSR count). The van der Waals surface area contributed by atoms with Gasteiger partial charge < -0.3 is 4.74 Å². The Hall–Kier alpha value is -2.34. The molecule has 6 heteroatoms. The van der Waals surface area contributed by atoms with Gasteiger partial charge in [-0.1, -0.05) is 31.0 Å². The van der Waals surface area contributed by atoms with E-state index < -0.39 is 16.0 Å². The lowest BCUT2D eigenvalue weighted by Crippen LogP contribution is -2.14. The van der Waals surface area contributed by atoms with Gasteiger partial charge in [0.15, 0.2) is 0 Å². The van der Waals surface area contributed by atoms with Crippen LogP contribution in [0, 0.1) is 13.8 Å². The topological polar surface area (TPSA) is 72.5 Å². The number of sulfonamides is 1. The molecule has 0 bridgehead atoms. The fourth-order valence-corrected chi connectivity index (χ4v) is 3.66. The molecule has 0 amide bonds. The smallest absolute Gasteiger partial charge is 0.338 e. The van der Waals surface area contributed by atoms with Gasteiger partial charge in [0.25, 0.3) is 10.0 Å². The zero-order valence-electron chi connectivity index (χ0n) is 14.7. The zero-order chi connectivity index (χ0) is 18.4. The van der Waals surface area contributed by atoms with Gasteiger partial charge in [0, 0.05) is 5.69 Å². The maximum absolute atomic E-state index is 12.5. The van der Waals surface area contributed by atoms with Crippen molar-refractivity contribution in [1.29, 1.82) is 0 Å². The molecule has 5 nitrogen and oxygen atoms in total. The lowest BCUT2D eigenvalue weighted by atomic mass is 10.2. The normalized spacial score (nSPS) is 11.2. The second-order valence-electron chi connectivity index (χ2n) is 5.94. The first kappa shape index (κ1) is 19.0. The summed E-state index contributed by atoms with van der Waals surface area (Å²) < 4.78 is 32.7. The summed E-state index contributed by atoms with van der Waals surface area (Å²) in [5, 5.41) is 0. The molecule has 1 N–H and O–H groups in total. The minimum atomic E-state index is -3.68. The van der Waals surface area contributed by atoms with Crippen LogP contribution in [0.4, 0.5) is 5.69 Å². The van der Waals surface area contributed by atoms with E-state index in [4.69, 9.17) is 4.74 Å². The molecule has 0 aromatic heterocycles.